The predicted octanol–water partition coefficient (Wildman–Crippen LogP) is 5.49. The molecular formula is C25H22FN3O4S. The fourth-order valence-electron chi connectivity index (χ4n) is 2.84. The molecule has 1 amide bonds. The molecule has 34 heavy (non-hydrogen) atoms. The molecule has 0 aliphatic carbocycles. The summed E-state index contributed by atoms with van der Waals surface area (Å²) in [5, 5.41) is 10.5. The van der Waals surface area contributed by atoms with Crippen LogP contribution in [0, 0.1) is 5.82 Å². The number of halogens is 1. The van der Waals surface area contributed by atoms with Gasteiger partial charge in [-0.1, -0.05) is 42.1 Å². The van der Waals surface area contributed by atoms with Gasteiger partial charge < -0.3 is 19.2 Å². The minimum Gasteiger partial charge on any atom is -0.489 e. The van der Waals surface area contributed by atoms with Crippen molar-refractivity contribution in [1.82, 2.24) is 10.2 Å². The van der Waals surface area contributed by atoms with Crippen molar-refractivity contribution in [3.05, 3.63) is 96.1 Å². The number of carbonyl (C=O) groups excluding carboxylic acids is 1. The van der Waals surface area contributed by atoms with Crippen molar-refractivity contribution in [1.29, 1.82) is 0 Å². The van der Waals surface area contributed by atoms with E-state index in [0.717, 1.165) is 17.3 Å². The highest BCUT2D eigenvalue weighted by Crippen LogP contribution is 2.24. The zero-order valence-corrected chi connectivity index (χ0v) is 19.1. The number of benzene rings is 3. The second kappa shape index (κ2) is 11.3. The first-order valence-corrected chi connectivity index (χ1v) is 11.4. The molecule has 1 N–H and O–H groups in total. The summed E-state index contributed by atoms with van der Waals surface area (Å²) in [6.45, 7) is 2.26. The number of anilines is 1. The van der Waals surface area contributed by atoms with Gasteiger partial charge in [-0.2, -0.15) is 0 Å². The molecule has 0 spiro atoms. The summed E-state index contributed by atoms with van der Waals surface area (Å²) in [6, 6.07) is 22.7. The number of hydrogen-bond donors (Lipinski definition) is 1. The van der Waals surface area contributed by atoms with Crippen molar-refractivity contribution in [3.8, 4) is 11.5 Å². The van der Waals surface area contributed by atoms with Gasteiger partial charge in [0.1, 0.15) is 23.9 Å². The largest absolute Gasteiger partial charge is 0.489 e. The van der Waals surface area contributed by atoms with Crippen molar-refractivity contribution in [2.75, 3.05) is 5.32 Å². The normalized spacial score (nSPS) is 11.6. The average Bonchev–Trinajstić information content (AvgIpc) is 3.31. The topological polar surface area (TPSA) is 86.5 Å². The van der Waals surface area contributed by atoms with E-state index in [1.807, 2.05) is 42.5 Å². The van der Waals surface area contributed by atoms with Crippen LogP contribution in [-0.4, -0.2) is 21.4 Å². The first-order valence-electron chi connectivity index (χ1n) is 10.5. The van der Waals surface area contributed by atoms with E-state index in [4.69, 9.17) is 13.9 Å². The van der Waals surface area contributed by atoms with Gasteiger partial charge in [-0.15, -0.1) is 10.2 Å². The Kier molecular flexibility index (Phi) is 7.77. The third-order valence-electron chi connectivity index (χ3n) is 4.64. The highest BCUT2D eigenvalue weighted by atomic mass is 32.2. The van der Waals surface area contributed by atoms with E-state index in [0.29, 0.717) is 23.8 Å². The zero-order valence-electron chi connectivity index (χ0n) is 18.3. The number of nitrogens with one attached hydrogen (secondary N) is 1. The lowest BCUT2D eigenvalue weighted by atomic mass is 10.2. The van der Waals surface area contributed by atoms with Crippen LogP contribution in [0.2, 0.25) is 0 Å². The Hall–Kier alpha value is -3.85. The molecule has 0 aliphatic rings. The number of hydrogen-bond acceptors (Lipinski definition) is 7. The van der Waals surface area contributed by atoms with Crippen LogP contribution >= 0.6 is 11.8 Å². The van der Waals surface area contributed by atoms with Gasteiger partial charge in [-0.25, -0.2) is 4.39 Å². The van der Waals surface area contributed by atoms with Crippen molar-refractivity contribution in [3.63, 3.8) is 0 Å². The SMILES string of the molecule is CC(Sc1nnc(COc2ccc(F)cc2)o1)C(=O)Nc1ccc(OCc2ccccc2)cc1. The lowest BCUT2D eigenvalue weighted by Crippen LogP contribution is -2.22. The van der Waals surface area contributed by atoms with Gasteiger partial charge in [0.05, 0.1) is 5.25 Å². The van der Waals surface area contributed by atoms with Gasteiger partial charge in [0.15, 0.2) is 6.61 Å². The summed E-state index contributed by atoms with van der Waals surface area (Å²) in [5.41, 5.74) is 1.74. The van der Waals surface area contributed by atoms with Gasteiger partial charge in [-0.3, -0.25) is 4.79 Å². The number of nitrogens with zero attached hydrogens (tertiary/aromatic N) is 2. The maximum Gasteiger partial charge on any atom is 0.277 e. The number of ether oxygens (including phenoxy) is 2. The third-order valence-corrected chi connectivity index (χ3v) is 5.58. The lowest BCUT2D eigenvalue weighted by Gasteiger charge is -2.11. The quantitative estimate of drug-likeness (QED) is 0.301. The summed E-state index contributed by atoms with van der Waals surface area (Å²) in [4.78, 5) is 12.5. The molecule has 4 rings (SSSR count). The van der Waals surface area contributed by atoms with E-state index in [2.05, 4.69) is 15.5 Å². The lowest BCUT2D eigenvalue weighted by molar-refractivity contribution is -0.115. The van der Waals surface area contributed by atoms with Crippen LogP contribution in [0.5, 0.6) is 11.5 Å². The van der Waals surface area contributed by atoms with Crippen LogP contribution in [0.4, 0.5) is 10.1 Å². The van der Waals surface area contributed by atoms with Crippen LogP contribution < -0.4 is 14.8 Å². The Balaban J connectivity index is 1.23. The van der Waals surface area contributed by atoms with Gasteiger partial charge >= 0.3 is 0 Å². The maximum atomic E-state index is 12.9. The second-order valence-corrected chi connectivity index (χ2v) is 8.54. The van der Waals surface area contributed by atoms with Crippen molar-refractivity contribution in [2.45, 2.75) is 30.6 Å². The number of aromatic nitrogens is 2. The second-order valence-electron chi connectivity index (χ2n) is 7.25. The molecule has 1 atom stereocenters. The number of amides is 1. The molecule has 1 unspecified atom stereocenters. The zero-order chi connectivity index (χ0) is 23.8. The first kappa shape index (κ1) is 23.3. The molecule has 4 aromatic rings. The van der Waals surface area contributed by atoms with Crippen LogP contribution in [0.1, 0.15) is 18.4 Å². The smallest absolute Gasteiger partial charge is 0.277 e. The average molecular weight is 480 g/mol. The van der Waals surface area contributed by atoms with Gasteiger partial charge in [0.2, 0.25) is 5.91 Å². The van der Waals surface area contributed by atoms with Crippen LogP contribution in [0.3, 0.4) is 0 Å². The summed E-state index contributed by atoms with van der Waals surface area (Å²) >= 11 is 1.14. The van der Waals surface area contributed by atoms with Crippen LogP contribution in [0.25, 0.3) is 0 Å². The van der Waals surface area contributed by atoms with Crippen LogP contribution in [-0.2, 0) is 18.0 Å². The Bertz CT molecular complexity index is 1200. The minimum absolute atomic E-state index is 0.0401. The minimum atomic E-state index is -0.472. The summed E-state index contributed by atoms with van der Waals surface area (Å²) in [5.74, 6) is 0.905. The Morgan fingerprint density at radius 1 is 0.941 bits per heavy atom. The Labute approximate surface area is 200 Å². The molecule has 0 saturated heterocycles. The van der Waals surface area contributed by atoms with Crippen molar-refractivity contribution < 1.29 is 23.1 Å². The molecule has 0 saturated carbocycles. The Morgan fingerprint density at radius 3 is 2.29 bits per heavy atom. The monoisotopic (exact) mass is 479 g/mol. The van der Waals surface area contributed by atoms with Gasteiger partial charge in [0.25, 0.3) is 11.1 Å². The molecule has 0 bridgehead atoms. The summed E-state index contributed by atoms with van der Waals surface area (Å²) in [6.07, 6.45) is 0. The van der Waals surface area contributed by atoms with E-state index in [1.54, 1.807) is 19.1 Å². The summed E-state index contributed by atoms with van der Waals surface area (Å²) < 4.78 is 29.7. The molecule has 1 heterocycles. The summed E-state index contributed by atoms with van der Waals surface area (Å²) in [7, 11) is 0. The fraction of sp³-hybridized carbons (Fsp3) is 0.160. The predicted molar refractivity (Wildman–Crippen MR) is 126 cm³/mol. The molecule has 7 nitrogen and oxygen atoms in total. The van der Waals surface area contributed by atoms with Crippen molar-refractivity contribution >= 4 is 23.4 Å². The molecule has 3 aromatic carbocycles. The highest BCUT2D eigenvalue weighted by molar-refractivity contribution is 8.00. The standard InChI is InChI=1S/C25H22FN3O4S/c1-17(34-25-29-28-23(33-25)16-32-21-11-7-19(26)8-12-21)24(30)27-20-9-13-22(14-10-20)31-15-18-5-3-2-4-6-18/h2-14,17H,15-16H2,1H3,(H,27,30). The van der Waals surface area contributed by atoms with Crippen molar-refractivity contribution in [2.24, 2.45) is 0 Å². The van der Waals surface area contributed by atoms with E-state index < -0.39 is 5.25 Å². The third kappa shape index (κ3) is 6.82. The molecule has 0 fully saturated rings. The molecule has 1 aromatic heterocycles. The fourth-order valence-corrected chi connectivity index (χ4v) is 3.54. The number of rotatable bonds is 10. The molecule has 0 aliphatic heterocycles. The van der Waals surface area contributed by atoms with E-state index in [-0.39, 0.29) is 29.4 Å². The molecule has 174 valence electrons. The van der Waals surface area contributed by atoms with E-state index in [9.17, 15) is 9.18 Å². The molecule has 9 heteroatoms. The number of thioether (sulfide) groups is 1. The van der Waals surface area contributed by atoms with E-state index >= 15 is 0 Å². The molecular weight excluding hydrogens is 457 g/mol. The highest BCUT2D eigenvalue weighted by Gasteiger charge is 2.19. The number of carbonyl (C=O) groups is 1. The first-order chi connectivity index (χ1) is 16.5. The van der Waals surface area contributed by atoms with E-state index in [1.165, 1.54) is 24.3 Å². The Morgan fingerprint density at radius 2 is 1.59 bits per heavy atom. The van der Waals surface area contributed by atoms with Crippen LogP contribution in [0.15, 0.2) is 88.5 Å². The van der Waals surface area contributed by atoms with Gasteiger partial charge in [-0.05, 0) is 61.0 Å². The maximum absolute atomic E-state index is 12.9. The molecule has 0 radical (unpaired) electrons. The van der Waals surface area contributed by atoms with Gasteiger partial charge in [0, 0.05) is 5.69 Å².